The number of fused-ring (bicyclic) bond motifs is 2. The molecule has 1 unspecified atom stereocenters. The number of aryl methyl sites for hydroxylation is 1. The minimum atomic E-state index is -4.84. The van der Waals surface area contributed by atoms with Crippen molar-refractivity contribution >= 4 is 34.1 Å². The van der Waals surface area contributed by atoms with Crippen molar-refractivity contribution in [2.45, 2.75) is 83.4 Å². The lowest BCUT2D eigenvalue weighted by molar-refractivity contribution is -0.226. The van der Waals surface area contributed by atoms with Gasteiger partial charge < -0.3 is 19.5 Å². The SMILES string of the molecule is CCN1C(=O)CN(CCCCCOC([C@H]2CC[C@H](C)N2c2ccc3[nH]c(=O)cc(C(F)(F)F)c3c2)C(F)(F)F)c2ncc(-c3ccc(-c4ncn[nH]4)nc3C)nc21. The van der Waals surface area contributed by atoms with Crippen molar-refractivity contribution in [2.75, 3.05) is 40.9 Å². The van der Waals surface area contributed by atoms with Gasteiger partial charge in [-0.25, -0.2) is 19.9 Å². The molecule has 1 saturated heterocycles. The fourth-order valence-corrected chi connectivity index (χ4v) is 7.76. The standard InChI is InChI=1S/C38H40F6N10O3/c1-4-53-32(56)19-52(35-36(53)50-29(18-45-35)24-10-12-28(48-22(24)3)34-46-20-47-51-34)14-6-5-7-15-57-33(38(42,43)44)30-13-8-21(2)54(30)23-9-11-27-25(16-23)26(37(39,40)41)17-31(55)49-27/h9-12,16-18,20-21,30,33H,4-8,13-15,19H2,1-3H3,(H,49,55)(H,46,47,51)/t21-,30+,33?/m0/s1. The first-order valence-corrected chi connectivity index (χ1v) is 18.6. The van der Waals surface area contributed by atoms with Gasteiger partial charge in [-0.2, -0.15) is 31.4 Å². The van der Waals surface area contributed by atoms with Gasteiger partial charge in [-0.1, -0.05) is 0 Å². The molecule has 5 aromatic rings. The van der Waals surface area contributed by atoms with E-state index in [1.54, 1.807) is 24.1 Å². The molecule has 302 valence electrons. The first-order chi connectivity index (χ1) is 27.1. The smallest absolute Gasteiger partial charge is 0.367 e. The Bertz CT molecular complexity index is 2300. The summed E-state index contributed by atoms with van der Waals surface area (Å²) in [5, 5.41) is 6.34. The first-order valence-electron chi connectivity index (χ1n) is 18.6. The quantitative estimate of drug-likeness (QED) is 0.102. The van der Waals surface area contributed by atoms with E-state index >= 15 is 0 Å². The molecule has 19 heteroatoms. The summed E-state index contributed by atoms with van der Waals surface area (Å²) in [6.07, 6.45) is -6.96. The number of ether oxygens (including phenoxy) is 1. The van der Waals surface area contributed by atoms with Gasteiger partial charge in [0.15, 0.2) is 23.6 Å². The fourth-order valence-electron chi connectivity index (χ4n) is 7.76. The number of anilines is 3. The molecule has 1 fully saturated rings. The van der Waals surface area contributed by atoms with E-state index in [0.717, 1.165) is 5.56 Å². The molecule has 0 bridgehead atoms. The van der Waals surface area contributed by atoms with Crippen molar-refractivity contribution in [1.82, 2.24) is 35.1 Å². The Hall–Kier alpha value is -5.59. The molecule has 3 atom stereocenters. The molecule has 1 aromatic carbocycles. The highest BCUT2D eigenvalue weighted by atomic mass is 19.4. The normalized spacial score (nSPS) is 18.1. The summed E-state index contributed by atoms with van der Waals surface area (Å²) in [7, 11) is 0. The number of unbranched alkanes of at least 4 members (excludes halogenated alkanes) is 2. The van der Waals surface area contributed by atoms with E-state index in [0.29, 0.717) is 79.4 Å². The summed E-state index contributed by atoms with van der Waals surface area (Å²) >= 11 is 0. The zero-order valence-corrected chi connectivity index (χ0v) is 31.3. The van der Waals surface area contributed by atoms with Gasteiger partial charge in [0, 0.05) is 59.7 Å². The number of nitrogens with one attached hydrogen (secondary N) is 2. The molecule has 1 amide bonds. The van der Waals surface area contributed by atoms with Crippen LogP contribution in [0, 0.1) is 6.92 Å². The molecular weight excluding hydrogens is 758 g/mol. The topological polar surface area (TPSA) is 149 Å². The molecule has 7 rings (SSSR count). The average molecular weight is 799 g/mol. The molecule has 0 radical (unpaired) electrons. The predicted molar refractivity (Wildman–Crippen MR) is 200 cm³/mol. The third kappa shape index (κ3) is 8.15. The van der Waals surface area contributed by atoms with E-state index in [9.17, 15) is 35.9 Å². The lowest BCUT2D eigenvalue weighted by atomic mass is 10.0. The average Bonchev–Trinajstić information content (AvgIpc) is 3.83. The summed E-state index contributed by atoms with van der Waals surface area (Å²) in [6.45, 7) is 6.05. The second-order valence-electron chi connectivity index (χ2n) is 14.2. The number of nitrogens with zero attached hydrogens (tertiary/aromatic N) is 8. The van der Waals surface area contributed by atoms with Gasteiger partial charge in [-0.15, -0.1) is 0 Å². The Labute approximate surface area is 322 Å². The lowest BCUT2D eigenvalue weighted by Crippen LogP contribution is -2.50. The molecule has 0 saturated carbocycles. The predicted octanol–water partition coefficient (Wildman–Crippen LogP) is 6.84. The first kappa shape index (κ1) is 39.6. The molecule has 2 aliphatic rings. The molecule has 13 nitrogen and oxygen atoms in total. The van der Waals surface area contributed by atoms with E-state index in [1.807, 2.05) is 24.8 Å². The molecule has 0 aliphatic carbocycles. The van der Waals surface area contributed by atoms with Crippen LogP contribution in [0.5, 0.6) is 0 Å². The molecule has 6 heterocycles. The van der Waals surface area contributed by atoms with E-state index in [2.05, 4.69) is 25.1 Å². The number of carbonyl (C=O) groups excluding carboxylic acids is 1. The third-order valence-corrected chi connectivity index (χ3v) is 10.4. The van der Waals surface area contributed by atoms with Crippen LogP contribution in [0.4, 0.5) is 43.7 Å². The van der Waals surface area contributed by atoms with Gasteiger partial charge in [-0.05, 0) is 83.2 Å². The second kappa shape index (κ2) is 15.7. The number of H-pyrrole nitrogens is 2. The molecule has 2 N–H and O–H groups in total. The van der Waals surface area contributed by atoms with Crippen molar-refractivity contribution in [3.8, 4) is 22.8 Å². The monoisotopic (exact) mass is 798 g/mol. The Morgan fingerprint density at radius 1 is 0.947 bits per heavy atom. The maximum atomic E-state index is 14.6. The Balaban J connectivity index is 1.00. The lowest BCUT2D eigenvalue weighted by Gasteiger charge is -2.36. The third-order valence-electron chi connectivity index (χ3n) is 10.4. The van der Waals surface area contributed by atoms with Gasteiger partial charge in [-0.3, -0.25) is 19.6 Å². The zero-order chi connectivity index (χ0) is 40.6. The summed E-state index contributed by atoms with van der Waals surface area (Å²) in [5.74, 6) is 1.29. The van der Waals surface area contributed by atoms with Gasteiger partial charge in [0.05, 0.1) is 30.0 Å². The second-order valence-corrected chi connectivity index (χ2v) is 14.2. The van der Waals surface area contributed by atoms with Crippen molar-refractivity contribution in [3.63, 3.8) is 0 Å². The number of alkyl halides is 6. The van der Waals surface area contributed by atoms with Crippen molar-refractivity contribution < 1.29 is 35.9 Å². The van der Waals surface area contributed by atoms with E-state index in [1.165, 1.54) is 29.4 Å². The van der Waals surface area contributed by atoms with Crippen LogP contribution in [-0.2, 0) is 15.7 Å². The number of aromatic amines is 2. The summed E-state index contributed by atoms with van der Waals surface area (Å²) in [6, 6.07) is 6.38. The zero-order valence-electron chi connectivity index (χ0n) is 31.3. The van der Waals surface area contributed by atoms with Gasteiger partial charge in [0.25, 0.3) is 0 Å². The van der Waals surface area contributed by atoms with E-state index in [4.69, 9.17) is 14.7 Å². The van der Waals surface area contributed by atoms with Crippen molar-refractivity contribution in [2.24, 2.45) is 0 Å². The molecule has 0 spiro atoms. The molecule has 57 heavy (non-hydrogen) atoms. The maximum absolute atomic E-state index is 14.6. The number of hydrogen-bond donors (Lipinski definition) is 2. The number of carbonyl (C=O) groups is 1. The van der Waals surface area contributed by atoms with E-state index in [-0.39, 0.29) is 42.1 Å². The number of likely N-dealkylation sites (N-methyl/N-ethyl adjacent to an activating group) is 1. The number of benzene rings is 1. The largest absolute Gasteiger partial charge is 0.417 e. The number of pyridine rings is 2. The summed E-state index contributed by atoms with van der Waals surface area (Å²) in [5.41, 5.74) is 0.560. The summed E-state index contributed by atoms with van der Waals surface area (Å²) in [4.78, 5) is 50.6. The van der Waals surface area contributed by atoms with Crippen LogP contribution in [-0.4, -0.2) is 91.6 Å². The van der Waals surface area contributed by atoms with Gasteiger partial charge in [0.2, 0.25) is 11.5 Å². The number of amides is 1. The Morgan fingerprint density at radius 3 is 2.46 bits per heavy atom. The number of hydrogen-bond acceptors (Lipinski definition) is 10. The van der Waals surface area contributed by atoms with Crippen LogP contribution >= 0.6 is 0 Å². The highest BCUT2D eigenvalue weighted by Gasteiger charge is 2.51. The fraction of sp³-hybridized carbons (Fsp3) is 0.447. The van der Waals surface area contributed by atoms with Crippen LogP contribution in [0.15, 0.2) is 53.7 Å². The maximum Gasteiger partial charge on any atom is 0.417 e. The Morgan fingerprint density at radius 2 is 1.75 bits per heavy atom. The molecule has 4 aromatic heterocycles. The number of halogens is 6. The Kier molecular flexibility index (Phi) is 10.9. The summed E-state index contributed by atoms with van der Waals surface area (Å²) < 4.78 is 90.9. The number of rotatable bonds is 12. The van der Waals surface area contributed by atoms with Crippen molar-refractivity contribution in [1.29, 1.82) is 0 Å². The van der Waals surface area contributed by atoms with Crippen LogP contribution in [0.25, 0.3) is 33.7 Å². The minimum Gasteiger partial charge on any atom is -0.367 e. The van der Waals surface area contributed by atoms with Crippen LogP contribution in [0.2, 0.25) is 0 Å². The minimum absolute atomic E-state index is 0.0684. The molecule has 2 aliphatic heterocycles. The number of aromatic nitrogens is 7. The van der Waals surface area contributed by atoms with Crippen LogP contribution in [0.3, 0.4) is 0 Å². The van der Waals surface area contributed by atoms with Crippen LogP contribution in [0.1, 0.15) is 57.2 Å². The van der Waals surface area contributed by atoms with Crippen LogP contribution < -0.4 is 20.3 Å². The van der Waals surface area contributed by atoms with E-state index < -0.39 is 41.7 Å². The van der Waals surface area contributed by atoms with Crippen molar-refractivity contribution in [3.05, 3.63) is 70.5 Å². The highest BCUT2D eigenvalue weighted by molar-refractivity contribution is 6.01. The van der Waals surface area contributed by atoms with Gasteiger partial charge in [0.1, 0.15) is 12.0 Å². The highest BCUT2D eigenvalue weighted by Crippen LogP contribution is 2.41. The van der Waals surface area contributed by atoms with Gasteiger partial charge >= 0.3 is 12.4 Å². The molecular formula is C38H40F6N10O3.